The number of aromatic amines is 1. The van der Waals surface area contributed by atoms with Crippen molar-refractivity contribution in [3.05, 3.63) is 48.0 Å². The van der Waals surface area contributed by atoms with Crippen LogP contribution in [0.3, 0.4) is 0 Å². The molecule has 3 heterocycles. The maximum absolute atomic E-state index is 13.5. The molecular weight excluding hydrogens is 480 g/mol. The Kier molecular flexibility index (Phi) is 6.78. The van der Waals surface area contributed by atoms with Crippen LogP contribution in [0.15, 0.2) is 47.4 Å². The van der Waals surface area contributed by atoms with E-state index in [1.807, 2.05) is 25.1 Å². The summed E-state index contributed by atoms with van der Waals surface area (Å²) >= 11 is 0. The fraction of sp³-hybridized carbons (Fsp3) is 0.423. The Morgan fingerprint density at radius 2 is 1.92 bits per heavy atom. The van der Waals surface area contributed by atoms with E-state index in [1.54, 1.807) is 23.1 Å². The molecule has 1 amide bonds. The molecule has 2 aliphatic heterocycles. The van der Waals surface area contributed by atoms with Crippen molar-refractivity contribution in [2.24, 2.45) is 0 Å². The van der Waals surface area contributed by atoms with Gasteiger partial charge in [-0.15, -0.1) is 0 Å². The number of H-pyrrole nitrogens is 1. The van der Waals surface area contributed by atoms with Crippen molar-refractivity contribution in [2.45, 2.75) is 24.3 Å². The number of aromatic nitrogens is 1. The van der Waals surface area contributed by atoms with Crippen molar-refractivity contribution in [2.75, 3.05) is 57.9 Å². The number of morpholine rings is 1. The SMILES string of the molecule is Cc1ccc2cc(-c3cc(S(=O)(=O)N(C)CC(=O)N4CCOCC4)ccc3N3CC[C@H](O)C3)[nH]c2c1. The van der Waals surface area contributed by atoms with E-state index in [0.717, 1.165) is 37.7 Å². The molecule has 2 N–H and O–H groups in total. The maximum Gasteiger partial charge on any atom is 0.243 e. The normalized spacial score (nSPS) is 18.9. The highest BCUT2D eigenvalue weighted by atomic mass is 32.2. The number of nitrogens with one attached hydrogen (secondary N) is 1. The molecule has 0 unspecified atom stereocenters. The zero-order valence-electron chi connectivity index (χ0n) is 20.6. The summed E-state index contributed by atoms with van der Waals surface area (Å²) in [4.78, 5) is 20.0. The summed E-state index contributed by atoms with van der Waals surface area (Å²) in [6, 6.07) is 13.2. The van der Waals surface area contributed by atoms with Crippen LogP contribution in [-0.4, -0.2) is 92.7 Å². The molecule has 9 nitrogen and oxygen atoms in total. The number of benzene rings is 2. The van der Waals surface area contributed by atoms with Crippen molar-refractivity contribution in [3.63, 3.8) is 0 Å². The van der Waals surface area contributed by atoms with E-state index in [0.29, 0.717) is 45.8 Å². The van der Waals surface area contributed by atoms with Crippen LogP contribution < -0.4 is 4.90 Å². The topological polar surface area (TPSA) is 106 Å². The molecule has 5 rings (SSSR count). The van der Waals surface area contributed by atoms with Crippen molar-refractivity contribution < 1.29 is 23.1 Å². The Labute approximate surface area is 211 Å². The second-order valence-electron chi connectivity index (χ2n) is 9.60. The van der Waals surface area contributed by atoms with Gasteiger partial charge in [0.1, 0.15) is 0 Å². The number of nitrogens with zero attached hydrogens (tertiary/aromatic N) is 3. The number of fused-ring (bicyclic) bond motifs is 1. The number of hydrogen-bond donors (Lipinski definition) is 2. The molecular formula is C26H32N4O5S. The second-order valence-corrected chi connectivity index (χ2v) is 11.6. The fourth-order valence-corrected chi connectivity index (χ4v) is 6.03. The first-order valence-corrected chi connectivity index (χ1v) is 13.6. The molecule has 0 saturated carbocycles. The number of sulfonamides is 1. The minimum Gasteiger partial charge on any atom is -0.391 e. The standard InChI is InChI=1S/C26H32N4O5S/c1-18-3-4-19-14-24(27-23(19)13-18)22-15-21(5-6-25(22)30-8-7-20(31)16-30)36(33,34)28(2)17-26(32)29-9-11-35-12-10-29/h3-6,13-15,20,27,31H,7-12,16-17H2,1-2H3/t20-/m0/s1. The minimum atomic E-state index is -3.92. The number of aliphatic hydroxyl groups is 1. The number of ether oxygens (including phenoxy) is 1. The fourth-order valence-electron chi connectivity index (χ4n) is 4.88. The Hall–Kier alpha value is -2.92. The van der Waals surface area contributed by atoms with Crippen molar-refractivity contribution in [1.29, 1.82) is 0 Å². The van der Waals surface area contributed by atoms with E-state index in [2.05, 4.69) is 16.0 Å². The molecule has 10 heteroatoms. The van der Waals surface area contributed by atoms with E-state index in [9.17, 15) is 18.3 Å². The van der Waals surface area contributed by atoms with Crippen molar-refractivity contribution in [1.82, 2.24) is 14.2 Å². The monoisotopic (exact) mass is 512 g/mol. The van der Waals surface area contributed by atoms with Crippen LogP contribution in [0.25, 0.3) is 22.2 Å². The van der Waals surface area contributed by atoms with Gasteiger partial charge in [-0.3, -0.25) is 4.79 Å². The van der Waals surface area contributed by atoms with Gasteiger partial charge in [0.15, 0.2) is 0 Å². The summed E-state index contributed by atoms with van der Waals surface area (Å²) in [7, 11) is -2.48. The number of carbonyl (C=O) groups is 1. The lowest BCUT2D eigenvalue weighted by Crippen LogP contribution is -2.46. The van der Waals surface area contributed by atoms with Gasteiger partial charge in [-0.05, 0) is 49.2 Å². The average Bonchev–Trinajstić information content (AvgIpc) is 3.49. The van der Waals surface area contributed by atoms with Gasteiger partial charge in [-0.2, -0.15) is 4.31 Å². The summed E-state index contributed by atoms with van der Waals surface area (Å²) in [6.07, 6.45) is 0.251. The zero-order chi connectivity index (χ0) is 25.4. The molecule has 3 aromatic rings. The highest BCUT2D eigenvalue weighted by Gasteiger charge is 2.29. The summed E-state index contributed by atoms with van der Waals surface area (Å²) in [5.74, 6) is -0.238. The van der Waals surface area contributed by atoms with Gasteiger partial charge < -0.3 is 24.6 Å². The predicted octanol–water partition coefficient (Wildman–Crippen LogP) is 2.19. The highest BCUT2D eigenvalue weighted by Crippen LogP contribution is 2.36. The van der Waals surface area contributed by atoms with E-state index >= 15 is 0 Å². The number of likely N-dealkylation sites (N-methyl/N-ethyl adjacent to an activating group) is 1. The molecule has 1 aromatic heterocycles. The molecule has 2 aliphatic rings. The van der Waals surface area contributed by atoms with E-state index in [4.69, 9.17) is 4.74 Å². The molecule has 0 spiro atoms. The minimum absolute atomic E-state index is 0.119. The average molecular weight is 513 g/mol. The summed E-state index contributed by atoms with van der Waals surface area (Å²) in [5.41, 5.74) is 4.50. The third-order valence-corrected chi connectivity index (χ3v) is 8.77. The smallest absolute Gasteiger partial charge is 0.243 e. The Balaban J connectivity index is 1.50. The number of anilines is 1. The number of β-amino-alcohol motifs (C(OH)–C–C–N with tert-alkyl or cyclic N) is 1. The van der Waals surface area contributed by atoms with Gasteiger partial charge in [-0.1, -0.05) is 12.1 Å². The first-order chi connectivity index (χ1) is 17.2. The quantitative estimate of drug-likeness (QED) is 0.525. The molecule has 0 radical (unpaired) electrons. The van der Waals surface area contributed by atoms with Crippen molar-refractivity contribution >= 4 is 32.5 Å². The van der Waals surface area contributed by atoms with E-state index in [-0.39, 0.29) is 17.3 Å². The number of aliphatic hydroxyl groups excluding tert-OH is 1. The van der Waals surface area contributed by atoms with Crippen LogP contribution in [0.4, 0.5) is 5.69 Å². The second kappa shape index (κ2) is 9.85. The Morgan fingerprint density at radius 1 is 1.14 bits per heavy atom. The summed E-state index contributed by atoms with van der Waals surface area (Å²) in [5, 5.41) is 11.2. The molecule has 0 bridgehead atoms. The first-order valence-electron chi connectivity index (χ1n) is 12.2. The van der Waals surface area contributed by atoms with Gasteiger partial charge in [0.2, 0.25) is 15.9 Å². The summed E-state index contributed by atoms with van der Waals surface area (Å²) < 4.78 is 33.4. The number of hydrogen-bond acceptors (Lipinski definition) is 6. The maximum atomic E-state index is 13.5. The third-order valence-electron chi connectivity index (χ3n) is 6.97. The van der Waals surface area contributed by atoms with Gasteiger partial charge in [0, 0.05) is 61.1 Å². The lowest BCUT2D eigenvalue weighted by Gasteiger charge is -2.28. The Bertz CT molecular complexity index is 1380. The van der Waals surface area contributed by atoms with E-state index < -0.39 is 16.1 Å². The van der Waals surface area contributed by atoms with Crippen molar-refractivity contribution in [3.8, 4) is 11.3 Å². The van der Waals surface area contributed by atoms with Crippen LogP contribution in [0.1, 0.15) is 12.0 Å². The Morgan fingerprint density at radius 3 is 2.64 bits per heavy atom. The predicted molar refractivity (Wildman–Crippen MR) is 139 cm³/mol. The number of amides is 1. The van der Waals surface area contributed by atoms with Gasteiger partial charge in [0.05, 0.1) is 30.8 Å². The van der Waals surface area contributed by atoms with Crippen LogP contribution in [0.5, 0.6) is 0 Å². The van der Waals surface area contributed by atoms with Gasteiger partial charge >= 0.3 is 0 Å². The first kappa shape index (κ1) is 24.8. The van der Waals surface area contributed by atoms with Crippen LogP contribution in [0.2, 0.25) is 0 Å². The molecule has 2 aromatic carbocycles. The number of aryl methyl sites for hydroxylation is 1. The highest BCUT2D eigenvalue weighted by molar-refractivity contribution is 7.89. The largest absolute Gasteiger partial charge is 0.391 e. The number of rotatable bonds is 6. The lowest BCUT2D eigenvalue weighted by molar-refractivity contribution is -0.135. The molecule has 192 valence electrons. The molecule has 0 aliphatic carbocycles. The van der Waals surface area contributed by atoms with Crippen LogP contribution in [-0.2, 0) is 19.6 Å². The van der Waals surface area contributed by atoms with Gasteiger partial charge in [-0.25, -0.2) is 8.42 Å². The van der Waals surface area contributed by atoms with Crippen LogP contribution in [0, 0.1) is 6.92 Å². The molecule has 2 fully saturated rings. The lowest BCUT2D eigenvalue weighted by atomic mass is 10.1. The third kappa shape index (κ3) is 4.86. The molecule has 36 heavy (non-hydrogen) atoms. The molecule has 1 atom stereocenters. The number of carbonyl (C=O) groups excluding carboxylic acids is 1. The molecule has 2 saturated heterocycles. The van der Waals surface area contributed by atoms with Gasteiger partial charge in [0.25, 0.3) is 0 Å². The zero-order valence-corrected chi connectivity index (χ0v) is 21.4. The van der Waals surface area contributed by atoms with Crippen LogP contribution >= 0.6 is 0 Å². The summed E-state index contributed by atoms with van der Waals surface area (Å²) in [6.45, 7) is 4.83. The van der Waals surface area contributed by atoms with E-state index in [1.165, 1.54) is 7.05 Å².